The van der Waals surface area contributed by atoms with E-state index in [0.29, 0.717) is 18.7 Å². The molecular formula is C15H23N3O3. The lowest BCUT2D eigenvalue weighted by molar-refractivity contribution is -0.386. The molecule has 0 aliphatic heterocycles. The van der Waals surface area contributed by atoms with Crippen molar-refractivity contribution in [3.05, 3.63) is 39.4 Å². The maximum Gasteiger partial charge on any atom is 0.285 e. The van der Waals surface area contributed by atoms with Gasteiger partial charge in [0.05, 0.1) is 4.92 Å². The van der Waals surface area contributed by atoms with Gasteiger partial charge in [-0.05, 0) is 25.6 Å². The van der Waals surface area contributed by atoms with E-state index in [1.807, 2.05) is 39.8 Å². The first-order valence-electron chi connectivity index (χ1n) is 6.85. The topological polar surface area (TPSA) is 75.5 Å². The highest BCUT2D eigenvalue weighted by atomic mass is 16.6. The van der Waals surface area contributed by atoms with Gasteiger partial charge in [-0.3, -0.25) is 14.9 Å². The molecule has 1 rings (SSSR count). The Morgan fingerprint density at radius 1 is 1.33 bits per heavy atom. The van der Waals surface area contributed by atoms with Crippen molar-refractivity contribution in [2.45, 2.75) is 26.2 Å². The lowest BCUT2D eigenvalue weighted by Crippen LogP contribution is -2.32. The molecule has 6 nitrogen and oxygen atoms in total. The summed E-state index contributed by atoms with van der Waals surface area (Å²) in [4.78, 5) is 25.0. The molecule has 1 N–H and O–H groups in total. The average molecular weight is 293 g/mol. The van der Waals surface area contributed by atoms with Crippen LogP contribution in [0.15, 0.2) is 18.2 Å². The van der Waals surface area contributed by atoms with Gasteiger partial charge in [0.15, 0.2) is 0 Å². The van der Waals surface area contributed by atoms with E-state index < -0.39 is 16.2 Å². The highest BCUT2D eigenvalue weighted by Crippen LogP contribution is 2.33. The molecule has 116 valence electrons. The van der Waals surface area contributed by atoms with Gasteiger partial charge in [-0.1, -0.05) is 32.9 Å². The number of amides is 1. The number of nitrogens with one attached hydrogen (secondary N) is 1. The third-order valence-electron chi connectivity index (χ3n) is 3.12. The zero-order valence-electron chi connectivity index (χ0n) is 13.3. The predicted octanol–water partition coefficient (Wildman–Crippen LogP) is 2.18. The molecule has 0 aromatic heterocycles. The van der Waals surface area contributed by atoms with E-state index in [4.69, 9.17) is 0 Å². The lowest BCUT2D eigenvalue weighted by atomic mass is 9.84. The van der Waals surface area contributed by atoms with Crippen LogP contribution in [-0.4, -0.2) is 42.9 Å². The number of nitro groups is 1. The monoisotopic (exact) mass is 293 g/mol. The van der Waals surface area contributed by atoms with Crippen LogP contribution in [-0.2, 0) is 5.41 Å². The van der Waals surface area contributed by atoms with Crippen LogP contribution in [0.1, 0.15) is 36.7 Å². The van der Waals surface area contributed by atoms with E-state index >= 15 is 0 Å². The molecule has 0 heterocycles. The quantitative estimate of drug-likeness (QED) is 0.667. The van der Waals surface area contributed by atoms with Crippen LogP contribution in [0.3, 0.4) is 0 Å². The molecule has 0 saturated heterocycles. The van der Waals surface area contributed by atoms with Gasteiger partial charge < -0.3 is 10.2 Å². The maximum atomic E-state index is 12.2. The van der Waals surface area contributed by atoms with E-state index in [1.165, 1.54) is 6.07 Å². The molecule has 6 heteroatoms. The van der Waals surface area contributed by atoms with Gasteiger partial charge in [0.25, 0.3) is 11.6 Å². The van der Waals surface area contributed by atoms with Crippen LogP contribution in [0, 0.1) is 10.1 Å². The molecule has 0 spiro atoms. The largest absolute Gasteiger partial charge is 0.351 e. The number of benzene rings is 1. The highest BCUT2D eigenvalue weighted by Gasteiger charge is 2.30. The Balaban J connectivity index is 3.12. The molecule has 0 unspecified atom stereocenters. The third-order valence-corrected chi connectivity index (χ3v) is 3.12. The van der Waals surface area contributed by atoms with Crippen molar-refractivity contribution in [1.82, 2.24) is 10.2 Å². The number of hydrogen-bond donors (Lipinski definition) is 1. The first-order valence-corrected chi connectivity index (χ1v) is 6.85. The van der Waals surface area contributed by atoms with Crippen LogP contribution in [0.5, 0.6) is 0 Å². The van der Waals surface area contributed by atoms with E-state index in [0.717, 1.165) is 0 Å². The van der Waals surface area contributed by atoms with Crippen molar-refractivity contribution in [2.24, 2.45) is 0 Å². The van der Waals surface area contributed by atoms with Gasteiger partial charge in [0, 0.05) is 18.7 Å². The number of hydrogen-bond acceptors (Lipinski definition) is 4. The van der Waals surface area contributed by atoms with Gasteiger partial charge in [-0.15, -0.1) is 0 Å². The Kier molecular flexibility index (Phi) is 5.43. The molecule has 0 aliphatic carbocycles. The standard InChI is InChI=1S/C15H23N3O3/c1-15(2,3)12-8-6-7-11(13(12)18(20)21)14(19)16-9-10-17(4)5/h6-8H,9-10H2,1-5H3,(H,16,19). The Bertz CT molecular complexity index is 533. The summed E-state index contributed by atoms with van der Waals surface area (Å²) in [5, 5.41) is 14.1. The number of carbonyl (C=O) groups excluding carboxylic acids is 1. The minimum Gasteiger partial charge on any atom is -0.351 e. The van der Waals surface area contributed by atoms with Crippen molar-refractivity contribution in [3.63, 3.8) is 0 Å². The fraction of sp³-hybridized carbons (Fsp3) is 0.533. The number of rotatable bonds is 5. The van der Waals surface area contributed by atoms with Crippen LogP contribution >= 0.6 is 0 Å². The summed E-state index contributed by atoms with van der Waals surface area (Å²) >= 11 is 0. The molecule has 1 amide bonds. The van der Waals surface area contributed by atoms with Crippen molar-refractivity contribution < 1.29 is 9.72 Å². The Morgan fingerprint density at radius 2 is 1.95 bits per heavy atom. The van der Waals surface area contributed by atoms with E-state index in [2.05, 4.69) is 5.32 Å². The number of nitrogens with zero attached hydrogens (tertiary/aromatic N) is 2. The first kappa shape index (κ1) is 17.1. The average Bonchev–Trinajstić information content (AvgIpc) is 2.36. The molecule has 0 fully saturated rings. The zero-order chi connectivity index (χ0) is 16.2. The zero-order valence-corrected chi connectivity index (χ0v) is 13.3. The van der Waals surface area contributed by atoms with Gasteiger partial charge in [-0.2, -0.15) is 0 Å². The first-order chi connectivity index (χ1) is 9.64. The van der Waals surface area contributed by atoms with Crippen LogP contribution in [0.2, 0.25) is 0 Å². The van der Waals surface area contributed by atoms with Crippen LogP contribution in [0.4, 0.5) is 5.69 Å². The number of para-hydroxylation sites is 1. The van der Waals surface area contributed by atoms with Crippen LogP contribution in [0.25, 0.3) is 0 Å². The predicted molar refractivity (Wildman–Crippen MR) is 82.7 cm³/mol. The van der Waals surface area contributed by atoms with Gasteiger partial charge in [-0.25, -0.2) is 0 Å². The second kappa shape index (κ2) is 6.67. The Hall–Kier alpha value is -1.95. The van der Waals surface area contributed by atoms with Crippen molar-refractivity contribution in [1.29, 1.82) is 0 Å². The van der Waals surface area contributed by atoms with Crippen molar-refractivity contribution in [2.75, 3.05) is 27.2 Å². The lowest BCUT2D eigenvalue weighted by Gasteiger charge is -2.20. The molecule has 0 atom stereocenters. The van der Waals surface area contributed by atoms with Crippen molar-refractivity contribution >= 4 is 11.6 Å². The molecule has 1 aromatic rings. The summed E-state index contributed by atoms with van der Waals surface area (Å²) in [6, 6.07) is 4.89. The van der Waals surface area contributed by atoms with Crippen LogP contribution < -0.4 is 5.32 Å². The Labute approximate surface area is 125 Å². The summed E-state index contributed by atoms with van der Waals surface area (Å²) in [7, 11) is 3.80. The van der Waals surface area contributed by atoms with Gasteiger partial charge >= 0.3 is 0 Å². The molecule has 21 heavy (non-hydrogen) atoms. The molecule has 0 bridgehead atoms. The maximum absolute atomic E-state index is 12.2. The summed E-state index contributed by atoms with van der Waals surface area (Å²) in [5.41, 5.74) is 0.175. The number of likely N-dealkylation sites (N-methyl/N-ethyl adjacent to an activating group) is 1. The van der Waals surface area contributed by atoms with E-state index in [1.54, 1.807) is 12.1 Å². The van der Waals surface area contributed by atoms with Gasteiger partial charge in [0.2, 0.25) is 0 Å². The van der Waals surface area contributed by atoms with Crippen molar-refractivity contribution in [3.8, 4) is 0 Å². The number of carbonyl (C=O) groups is 1. The number of nitro benzene ring substituents is 1. The van der Waals surface area contributed by atoms with E-state index in [9.17, 15) is 14.9 Å². The summed E-state index contributed by atoms with van der Waals surface area (Å²) in [5.74, 6) is -0.408. The second-order valence-corrected chi connectivity index (χ2v) is 6.27. The third kappa shape index (κ3) is 4.53. The minimum atomic E-state index is -0.471. The fourth-order valence-electron chi connectivity index (χ4n) is 2.02. The minimum absolute atomic E-state index is 0.104. The molecule has 0 radical (unpaired) electrons. The SMILES string of the molecule is CN(C)CCNC(=O)c1cccc(C(C)(C)C)c1[N+](=O)[O-]. The van der Waals surface area contributed by atoms with E-state index in [-0.39, 0.29) is 11.3 Å². The fourth-order valence-corrected chi connectivity index (χ4v) is 2.02. The molecule has 1 aromatic carbocycles. The molecule has 0 saturated carbocycles. The Morgan fingerprint density at radius 3 is 2.43 bits per heavy atom. The highest BCUT2D eigenvalue weighted by molar-refractivity contribution is 5.98. The summed E-state index contributed by atoms with van der Waals surface area (Å²) < 4.78 is 0. The molecule has 0 aliphatic rings. The molecular weight excluding hydrogens is 270 g/mol. The second-order valence-electron chi connectivity index (χ2n) is 6.27. The summed E-state index contributed by atoms with van der Waals surface area (Å²) in [6.45, 7) is 6.80. The summed E-state index contributed by atoms with van der Waals surface area (Å²) in [6.07, 6.45) is 0. The van der Waals surface area contributed by atoms with Gasteiger partial charge in [0.1, 0.15) is 5.56 Å². The normalized spacial score (nSPS) is 11.5. The smallest absolute Gasteiger partial charge is 0.285 e.